The van der Waals surface area contributed by atoms with Gasteiger partial charge >= 0.3 is 0 Å². The number of hydrogen-bond donors (Lipinski definition) is 0. The Morgan fingerprint density at radius 1 is 0.667 bits per heavy atom. The van der Waals surface area contributed by atoms with E-state index < -0.39 is 0 Å². The Balaban J connectivity index is 1.20. The maximum absolute atomic E-state index is 13.4. The van der Waals surface area contributed by atoms with Gasteiger partial charge in [-0.25, -0.2) is 0 Å². The van der Waals surface area contributed by atoms with Crippen LogP contribution in [0, 0.1) is 0 Å². The van der Waals surface area contributed by atoms with Gasteiger partial charge < -0.3 is 4.90 Å². The van der Waals surface area contributed by atoms with E-state index in [2.05, 4.69) is 100.0 Å². The van der Waals surface area contributed by atoms with E-state index in [0.717, 1.165) is 38.9 Å². The van der Waals surface area contributed by atoms with Crippen molar-refractivity contribution in [1.82, 2.24) is 0 Å². The molecule has 250 valence electrons. The molecular weight excluding hydrogens is 623 g/mol. The van der Waals surface area contributed by atoms with E-state index in [0.29, 0.717) is 11.1 Å². The molecule has 0 spiro atoms. The zero-order chi connectivity index (χ0) is 35.9. The molecule has 0 aromatic heterocycles. The second-order valence-corrected chi connectivity index (χ2v) is 14.0. The quantitative estimate of drug-likeness (QED) is 0.0942. The van der Waals surface area contributed by atoms with Crippen molar-refractivity contribution in [3.05, 3.63) is 196 Å². The van der Waals surface area contributed by atoms with Gasteiger partial charge in [0.25, 0.3) is 0 Å². The number of rotatable bonds is 8. The van der Waals surface area contributed by atoms with Crippen LogP contribution in [0.15, 0.2) is 163 Å². The van der Waals surface area contributed by atoms with Gasteiger partial charge in [-0.1, -0.05) is 123 Å². The second-order valence-electron chi connectivity index (χ2n) is 14.0. The first kappa shape index (κ1) is 33.4. The lowest BCUT2D eigenvalue weighted by molar-refractivity contribution is 0.0990. The molecule has 0 aliphatic heterocycles. The van der Waals surface area contributed by atoms with E-state index >= 15 is 0 Å². The van der Waals surface area contributed by atoms with E-state index in [-0.39, 0.29) is 22.6 Å². The van der Waals surface area contributed by atoms with E-state index in [1.165, 1.54) is 27.8 Å². The number of benzene rings is 5. The Hall–Kier alpha value is -6.06. The molecule has 5 aromatic rings. The van der Waals surface area contributed by atoms with Gasteiger partial charge in [0, 0.05) is 34.1 Å². The predicted octanol–water partition coefficient (Wildman–Crippen LogP) is 12.1. The van der Waals surface area contributed by atoms with Crippen molar-refractivity contribution in [1.29, 1.82) is 0 Å². The van der Waals surface area contributed by atoms with Gasteiger partial charge in [0.1, 0.15) is 0 Å². The summed E-state index contributed by atoms with van der Waals surface area (Å²) < 4.78 is 0. The van der Waals surface area contributed by atoms with Crippen LogP contribution in [-0.4, -0.2) is 11.6 Å². The lowest BCUT2D eigenvalue weighted by Gasteiger charge is -2.26. The molecule has 0 unspecified atom stereocenters. The van der Waals surface area contributed by atoms with Crippen LogP contribution in [0.25, 0.3) is 34.1 Å². The number of allylic oxidation sites excluding steroid dienone is 7. The molecule has 0 saturated heterocycles. The molecule has 0 saturated carbocycles. The fourth-order valence-electron chi connectivity index (χ4n) is 7.41. The van der Waals surface area contributed by atoms with Crippen molar-refractivity contribution in [3.63, 3.8) is 0 Å². The molecule has 3 nitrogen and oxygen atoms in total. The van der Waals surface area contributed by atoms with Crippen LogP contribution < -0.4 is 4.90 Å². The smallest absolute Gasteiger partial charge is 0.197 e. The highest BCUT2D eigenvalue weighted by Crippen LogP contribution is 2.49. The minimum atomic E-state index is -0.229. The van der Waals surface area contributed by atoms with Crippen LogP contribution in [0.1, 0.15) is 77.6 Å². The average Bonchev–Trinajstić information content (AvgIpc) is 3.49. The first-order valence-corrected chi connectivity index (χ1v) is 17.4. The summed E-state index contributed by atoms with van der Waals surface area (Å²) in [6, 6.07) is 34.7. The lowest BCUT2D eigenvalue weighted by Crippen LogP contribution is -2.17. The Morgan fingerprint density at radius 3 is 2.02 bits per heavy atom. The summed E-state index contributed by atoms with van der Waals surface area (Å²) in [5.41, 5.74) is 12.0. The van der Waals surface area contributed by atoms with Crippen LogP contribution in [-0.2, 0) is 5.41 Å². The fraction of sp³-hybridized carbons (Fsp3) is 0.125. The van der Waals surface area contributed by atoms with Gasteiger partial charge in [0.2, 0.25) is 0 Å². The zero-order valence-electron chi connectivity index (χ0n) is 29.8. The number of hydrogen-bond acceptors (Lipinski definition) is 3. The zero-order valence-corrected chi connectivity index (χ0v) is 29.8. The molecule has 0 fully saturated rings. The maximum Gasteiger partial charge on any atom is 0.197 e. The molecule has 0 bridgehead atoms. The van der Waals surface area contributed by atoms with Crippen LogP contribution in [0.4, 0.5) is 5.69 Å². The first-order valence-electron chi connectivity index (χ1n) is 17.4. The van der Waals surface area contributed by atoms with Gasteiger partial charge in [0.15, 0.2) is 11.6 Å². The minimum Gasteiger partial charge on any atom is -0.318 e. The second kappa shape index (κ2) is 13.3. The summed E-state index contributed by atoms with van der Waals surface area (Å²) >= 11 is 0. The normalized spacial score (nSPS) is 15.1. The highest BCUT2D eigenvalue weighted by Gasteiger charge is 2.36. The van der Waals surface area contributed by atoms with Gasteiger partial charge in [-0.2, -0.15) is 0 Å². The number of fused-ring (bicyclic) bond motifs is 5. The van der Waals surface area contributed by atoms with Crippen molar-refractivity contribution in [2.24, 2.45) is 0 Å². The molecule has 3 heteroatoms. The molecule has 0 radical (unpaired) electrons. The highest BCUT2D eigenvalue weighted by atomic mass is 16.2. The van der Waals surface area contributed by atoms with Gasteiger partial charge in [-0.3, -0.25) is 9.59 Å². The maximum atomic E-state index is 13.4. The summed E-state index contributed by atoms with van der Waals surface area (Å²) in [4.78, 5) is 28.9. The van der Waals surface area contributed by atoms with Crippen LogP contribution >= 0.6 is 0 Å². The molecule has 2 aliphatic carbocycles. The molecule has 0 amide bonds. The Labute approximate surface area is 301 Å². The number of ketones is 2. The van der Waals surface area contributed by atoms with E-state index in [1.807, 2.05) is 85.8 Å². The highest BCUT2D eigenvalue weighted by molar-refractivity contribution is 6.42. The molecule has 5 aromatic carbocycles. The van der Waals surface area contributed by atoms with Crippen LogP contribution in [0.2, 0.25) is 0 Å². The van der Waals surface area contributed by atoms with Crippen molar-refractivity contribution < 1.29 is 9.59 Å². The van der Waals surface area contributed by atoms with Crippen molar-refractivity contribution >= 4 is 40.2 Å². The van der Waals surface area contributed by atoms with E-state index in [4.69, 9.17) is 0 Å². The number of carbonyl (C=O) groups excluding carboxylic acids is 2. The predicted molar refractivity (Wildman–Crippen MR) is 214 cm³/mol. The molecule has 0 heterocycles. The molecule has 0 atom stereocenters. The van der Waals surface area contributed by atoms with Crippen LogP contribution in [0.5, 0.6) is 0 Å². The Bertz CT molecular complexity index is 2370. The topological polar surface area (TPSA) is 37.4 Å². The van der Waals surface area contributed by atoms with Gasteiger partial charge in [-0.15, -0.1) is 0 Å². The third-order valence-corrected chi connectivity index (χ3v) is 9.93. The lowest BCUT2D eigenvalue weighted by atomic mass is 9.82. The first-order chi connectivity index (χ1) is 24.5. The summed E-state index contributed by atoms with van der Waals surface area (Å²) in [5, 5.41) is 1.89. The summed E-state index contributed by atoms with van der Waals surface area (Å²) in [7, 11) is 0. The van der Waals surface area contributed by atoms with E-state index in [9.17, 15) is 9.59 Å². The van der Waals surface area contributed by atoms with Crippen molar-refractivity contribution in [2.45, 2.75) is 40.0 Å². The molecular formula is C48H41NO2. The van der Waals surface area contributed by atoms with Crippen molar-refractivity contribution in [2.75, 3.05) is 4.90 Å². The molecule has 2 aliphatic rings. The Kier molecular flexibility index (Phi) is 8.74. The largest absolute Gasteiger partial charge is 0.318 e. The monoisotopic (exact) mass is 663 g/mol. The average molecular weight is 664 g/mol. The summed E-state index contributed by atoms with van der Waals surface area (Å²) in [6.07, 6.45) is 14.2. The van der Waals surface area contributed by atoms with E-state index in [1.54, 1.807) is 6.08 Å². The molecule has 7 rings (SSSR count). The fourth-order valence-corrected chi connectivity index (χ4v) is 7.41. The Morgan fingerprint density at radius 2 is 1.31 bits per heavy atom. The third-order valence-electron chi connectivity index (χ3n) is 9.93. The standard InChI is InChI=1S/C48H41NO2/c1-7-13-31(2)24-32(3)30-49(38-22-23-40-39-18-10-11-19-44(39)48(5,6)45(40)29-38)33(4)20-21-34-14-12-15-35(25-34)26-43-46(50)41-27-36-16-8-9-17-37(36)28-42(41)47(43)51/h7-30H,4H2,1-3,5-6H3/b13-7+,21-20-,31-24-,32-30+. The summed E-state index contributed by atoms with van der Waals surface area (Å²) in [5.74, 6) is -0.459. The number of Topliss-reactive ketones (excluding diaryl/α,β-unsaturated/α-hetero) is 2. The number of anilines is 1. The molecule has 51 heavy (non-hydrogen) atoms. The van der Waals surface area contributed by atoms with Gasteiger partial charge in [-0.05, 0) is 113 Å². The number of carbonyl (C=O) groups is 2. The summed E-state index contributed by atoms with van der Waals surface area (Å²) in [6.45, 7) is 15.3. The van der Waals surface area contributed by atoms with Gasteiger partial charge in [0.05, 0.1) is 5.57 Å². The van der Waals surface area contributed by atoms with Crippen LogP contribution in [0.3, 0.4) is 0 Å². The van der Waals surface area contributed by atoms with Crippen molar-refractivity contribution in [3.8, 4) is 11.1 Å². The third kappa shape index (κ3) is 6.28. The molecule has 0 N–H and O–H groups in total. The SMILES string of the molecule is C=C(/C=C\c1cccc(C=C2C(=O)c3cc4ccccc4cc3C2=O)c1)N(/C=C(C)/C=C(C)\C=C\C)c1ccc2c(c1)C(C)(C)c1ccccc1-2. The number of nitrogens with zero attached hydrogens (tertiary/aromatic N) is 1. The minimum absolute atomic E-state index is 0.127.